The van der Waals surface area contributed by atoms with Gasteiger partial charge in [0.25, 0.3) is 15.9 Å². The molecule has 2 heterocycles. The average Bonchev–Trinajstić information content (AvgIpc) is 3.40. The van der Waals surface area contributed by atoms with Gasteiger partial charge in [0.15, 0.2) is 0 Å². The number of fused-ring (bicyclic) bond motifs is 1. The predicted octanol–water partition coefficient (Wildman–Crippen LogP) is 6.55. The van der Waals surface area contributed by atoms with E-state index in [-0.39, 0.29) is 52.6 Å². The number of carbonyl (C=O) groups is 1. The second-order valence-electron chi connectivity index (χ2n) is 8.94. The summed E-state index contributed by atoms with van der Waals surface area (Å²) in [5.74, 6) is -0.993. The van der Waals surface area contributed by atoms with Crippen molar-refractivity contribution in [1.82, 2.24) is 10.1 Å². The van der Waals surface area contributed by atoms with Crippen molar-refractivity contribution in [2.75, 3.05) is 10.8 Å². The van der Waals surface area contributed by atoms with Crippen LogP contribution in [0.3, 0.4) is 0 Å². The highest BCUT2D eigenvalue weighted by molar-refractivity contribution is 7.92. The van der Waals surface area contributed by atoms with Crippen molar-refractivity contribution in [2.45, 2.75) is 30.0 Å². The van der Waals surface area contributed by atoms with Gasteiger partial charge in [-0.1, -0.05) is 40.5 Å². The summed E-state index contributed by atoms with van der Waals surface area (Å²) in [6.45, 7) is -0.352. The van der Waals surface area contributed by atoms with Crippen molar-refractivity contribution < 1.29 is 40.8 Å². The molecular weight excluding hydrogens is 610 g/mol. The normalized spacial score (nSPS) is 15.3. The first-order valence-corrected chi connectivity index (χ1v) is 14.0. The molecule has 214 valence electrons. The Morgan fingerprint density at radius 2 is 1.78 bits per heavy atom. The standard InChI is InChI=1S/C26H18Cl2F3N3O6S/c27-18-5-2-6-19(28)23(18)25-32-24(33-40-25)14-7-9-21-20(11-14)34(13-16(39-21)8-10-22(35)36)41(37,38)17-4-1-3-15(12-17)26(29,30)31/h1-7,9,11-12,16H,8,10,13H2,(H,35,36). The number of carboxylic acid groups (broad SMARTS) is 1. The molecule has 9 nitrogen and oxygen atoms in total. The van der Waals surface area contributed by atoms with E-state index in [9.17, 15) is 26.4 Å². The van der Waals surface area contributed by atoms with Crippen LogP contribution in [0.2, 0.25) is 10.0 Å². The smallest absolute Gasteiger partial charge is 0.416 e. The van der Waals surface area contributed by atoms with Crippen LogP contribution in [0.15, 0.2) is 70.1 Å². The third-order valence-corrected chi connectivity index (χ3v) is 8.59. The van der Waals surface area contributed by atoms with E-state index in [4.69, 9.17) is 37.6 Å². The van der Waals surface area contributed by atoms with E-state index in [2.05, 4.69) is 10.1 Å². The molecule has 4 aromatic rings. The minimum Gasteiger partial charge on any atom is -0.486 e. The Morgan fingerprint density at radius 3 is 2.46 bits per heavy atom. The molecule has 0 bridgehead atoms. The largest absolute Gasteiger partial charge is 0.486 e. The number of hydrogen-bond acceptors (Lipinski definition) is 7. The SMILES string of the molecule is O=C(O)CCC1CN(S(=O)(=O)c2cccc(C(F)(F)F)c2)c2cc(-c3noc(-c4c(Cl)cccc4Cl)n3)ccc2O1. The number of aliphatic carboxylic acids is 1. The minimum atomic E-state index is -4.77. The van der Waals surface area contributed by atoms with Gasteiger partial charge in [-0.15, -0.1) is 0 Å². The first kappa shape index (κ1) is 28.7. The number of halogens is 5. The number of nitrogens with zero attached hydrogens (tertiary/aromatic N) is 3. The van der Waals surface area contributed by atoms with Crippen molar-refractivity contribution >= 4 is 44.9 Å². The van der Waals surface area contributed by atoms with Crippen LogP contribution in [0.5, 0.6) is 5.75 Å². The Labute approximate surface area is 241 Å². The van der Waals surface area contributed by atoms with E-state index >= 15 is 0 Å². The van der Waals surface area contributed by atoms with E-state index in [1.165, 1.54) is 18.2 Å². The molecule has 0 radical (unpaired) electrons. The first-order valence-electron chi connectivity index (χ1n) is 11.9. The predicted molar refractivity (Wildman–Crippen MR) is 142 cm³/mol. The summed E-state index contributed by atoms with van der Waals surface area (Å²) in [5.41, 5.74) is -0.556. The third-order valence-electron chi connectivity index (χ3n) is 6.18. The number of benzene rings is 3. The number of ether oxygens (including phenoxy) is 1. The fourth-order valence-electron chi connectivity index (χ4n) is 4.22. The number of sulfonamides is 1. The fourth-order valence-corrected chi connectivity index (χ4v) is 6.32. The quantitative estimate of drug-likeness (QED) is 0.245. The number of carboxylic acids is 1. The van der Waals surface area contributed by atoms with Gasteiger partial charge in [-0.05, 0) is 55.0 Å². The highest BCUT2D eigenvalue weighted by Gasteiger charge is 2.37. The van der Waals surface area contributed by atoms with Gasteiger partial charge in [0.05, 0.1) is 38.3 Å². The molecule has 15 heteroatoms. The second kappa shape index (κ2) is 10.9. The number of aromatic nitrogens is 2. The lowest BCUT2D eigenvalue weighted by Gasteiger charge is -2.35. The van der Waals surface area contributed by atoms with Crippen LogP contribution in [0.25, 0.3) is 22.8 Å². The van der Waals surface area contributed by atoms with Gasteiger partial charge in [0.1, 0.15) is 11.9 Å². The van der Waals surface area contributed by atoms with Crippen molar-refractivity contribution in [3.8, 4) is 28.6 Å². The Morgan fingerprint density at radius 1 is 1.07 bits per heavy atom. The van der Waals surface area contributed by atoms with E-state index in [1.807, 2.05) is 0 Å². The highest BCUT2D eigenvalue weighted by atomic mass is 35.5. The molecule has 41 heavy (non-hydrogen) atoms. The zero-order valence-electron chi connectivity index (χ0n) is 20.6. The zero-order valence-corrected chi connectivity index (χ0v) is 22.9. The number of anilines is 1. The van der Waals surface area contributed by atoms with Gasteiger partial charge in [-0.3, -0.25) is 9.10 Å². The van der Waals surface area contributed by atoms with E-state index < -0.39 is 38.7 Å². The van der Waals surface area contributed by atoms with Crippen LogP contribution in [0.1, 0.15) is 18.4 Å². The van der Waals surface area contributed by atoms with Gasteiger partial charge in [-0.25, -0.2) is 8.42 Å². The molecule has 0 saturated heterocycles. The Balaban J connectivity index is 1.57. The maximum atomic E-state index is 13.7. The van der Waals surface area contributed by atoms with E-state index in [0.29, 0.717) is 17.2 Å². The minimum absolute atomic E-state index is 0.00591. The molecule has 1 aliphatic rings. The van der Waals surface area contributed by atoms with Crippen LogP contribution < -0.4 is 9.04 Å². The van der Waals surface area contributed by atoms with E-state index in [0.717, 1.165) is 22.5 Å². The Bertz CT molecular complexity index is 1730. The lowest BCUT2D eigenvalue weighted by Crippen LogP contribution is -2.43. The van der Waals surface area contributed by atoms with Crippen molar-refractivity contribution in [3.63, 3.8) is 0 Å². The van der Waals surface area contributed by atoms with Gasteiger partial charge in [0, 0.05) is 12.0 Å². The van der Waals surface area contributed by atoms with Crippen molar-refractivity contribution in [3.05, 3.63) is 76.3 Å². The molecule has 1 atom stereocenters. The summed E-state index contributed by atoms with van der Waals surface area (Å²) in [7, 11) is -4.57. The lowest BCUT2D eigenvalue weighted by atomic mass is 10.1. The Kier molecular flexibility index (Phi) is 7.62. The van der Waals surface area contributed by atoms with Crippen LogP contribution in [-0.4, -0.2) is 42.3 Å². The summed E-state index contributed by atoms with van der Waals surface area (Å²) in [5, 5.41) is 13.6. The molecule has 3 aromatic carbocycles. The monoisotopic (exact) mass is 627 g/mol. The molecule has 0 fully saturated rings. The molecule has 1 aromatic heterocycles. The van der Waals surface area contributed by atoms with Crippen molar-refractivity contribution in [2.24, 2.45) is 0 Å². The summed E-state index contributed by atoms with van der Waals surface area (Å²) >= 11 is 12.5. The second-order valence-corrected chi connectivity index (χ2v) is 11.6. The summed E-state index contributed by atoms with van der Waals surface area (Å²) in [6, 6.07) is 12.5. The molecule has 0 amide bonds. The average molecular weight is 628 g/mol. The van der Waals surface area contributed by atoms with Crippen molar-refractivity contribution in [1.29, 1.82) is 0 Å². The Hall–Kier alpha value is -3.81. The topological polar surface area (TPSA) is 123 Å². The van der Waals surface area contributed by atoms with Crippen LogP contribution in [0, 0.1) is 0 Å². The molecule has 0 aliphatic carbocycles. The first-order chi connectivity index (χ1) is 19.3. The number of alkyl halides is 3. The maximum Gasteiger partial charge on any atom is 0.416 e. The molecule has 0 saturated carbocycles. The van der Waals surface area contributed by atoms with Crippen LogP contribution >= 0.6 is 23.2 Å². The number of rotatable bonds is 7. The molecule has 0 spiro atoms. The van der Waals surface area contributed by atoms with Crippen LogP contribution in [0.4, 0.5) is 18.9 Å². The van der Waals surface area contributed by atoms with Crippen LogP contribution in [-0.2, 0) is 21.0 Å². The summed E-state index contributed by atoms with van der Waals surface area (Å²) < 4.78 is 79.7. The molecule has 5 rings (SSSR count). The molecule has 1 N–H and O–H groups in total. The van der Waals surface area contributed by atoms with Gasteiger partial charge in [0.2, 0.25) is 5.82 Å². The maximum absolute atomic E-state index is 13.7. The molecule has 1 unspecified atom stereocenters. The van der Waals surface area contributed by atoms with Gasteiger partial charge >= 0.3 is 12.1 Å². The fraction of sp³-hybridized carbons (Fsp3) is 0.192. The van der Waals surface area contributed by atoms with Gasteiger partial charge in [-0.2, -0.15) is 18.2 Å². The van der Waals surface area contributed by atoms with Gasteiger partial charge < -0.3 is 14.4 Å². The van der Waals surface area contributed by atoms with E-state index in [1.54, 1.807) is 18.2 Å². The zero-order chi connectivity index (χ0) is 29.5. The lowest BCUT2D eigenvalue weighted by molar-refractivity contribution is -0.138. The third kappa shape index (κ3) is 5.83. The number of hydrogen-bond donors (Lipinski definition) is 1. The molecular formula is C26H18Cl2F3N3O6S. The molecule has 1 aliphatic heterocycles. The highest BCUT2D eigenvalue weighted by Crippen LogP contribution is 2.42. The summed E-state index contributed by atoms with van der Waals surface area (Å²) in [4.78, 5) is 14.9. The summed E-state index contributed by atoms with van der Waals surface area (Å²) in [6.07, 6.45) is -6.01.